The van der Waals surface area contributed by atoms with Crippen molar-refractivity contribution in [2.75, 3.05) is 12.8 Å². The fraction of sp³-hybridized carbons (Fsp3) is 0.800. The Morgan fingerprint density at radius 2 is 2.44 bits per heavy atom. The monoisotopic (exact) mass is 149 g/mol. The van der Waals surface area contributed by atoms with Crippen LogP contribution in [0.2, 0.25) is 0 Å². The van der Waals surface area contributed by atoms with Gasteiger partial charge in [-0.2, -0.15) is 0 Å². The van der Waals surface area contributed by atoms with Crippen LogP contribution >= 0.6 is 8.58 Å². The zero-order valence-electron chi connectivity index (χ0n) is 5.42. The first kappa shape index (κ1) is 8.86. The van der Waals surface area contributed by atoms with E-state index in [1.165, 1.54) is 0 Å². The van der Waals surface area contributed by atoms with Crippen molar-refractivity contribution in [3.8, 4) is 0 Å². The predicted octanol–water partition coefficient (Wildman–Crippen LogP) is 0.0967. The molecule has 0 fully saturated rings. The van der Waals surface area contributed by atoms with Gasteiger partial charge in [-0.3, -0.25) is 4.79 Å². The van der Waals surface area contributed by atoms with E-state index in [0.29, 0.717) is 6.42 Å². The van der Waals surface area contributed by atoms with Crippen LogP contribution in [0.5, 0.6) is 0 Å². The van der Waals surface area contributed by atoms with Gasteiger partial charge in [-0.15, -0.1) is 8.58 Å². The third kappa shape index (κ3) is 4.37. The third-order valence-corrected chi connectivity index (χ3v) is 1.81. The summed E-state index contributed by atoms with van der Waals surface area (Å²) in [7, 11) is 0.800. The first-order valence-corrected chi connectivity index (χ1v) is 4.52. The van der Waals surface area contributed by atoms with E-state index in [-0.39, 0.29) is 0 Å². The number of carboxylic acids is 1. The quantitative estimate of drug-likeness (QED) is 0.557. The molecule has 0 spiro atoms. The van der Waals surface area contributed by atoms with E-state index in [2.05, 4.69) is 0 Å². The van der Waals surface area contributed by atoms with Gasteiger partial charge in [0.05, 0.1) is 0 Å². The maximum Gasteiger partial charge on any atom is 0.320 e. The van der Waals surface area contributed by atoms with E-state index in [9.17, 15) is 4.79 Å². The molecule has 0 amide bonds. The molecule has 0 aliphatic rings. The van der Waals surface area contributed by atoms with Gasteiger partial charge in [-0.1, -0.05) is 0 Å². The molecule has 9 heavy (non-hydrogen) atoms. The number of hydrogen-bond donors (Lipinski definition) is 2. The lowest BCUT2D eigenvalue weighted by atomic mass is 10.2. The van der Waals surface area contributed by atoms with Crippen LogP contribution < -0.4 is 5.73 Å². The summed E-state index contributed by atoms with van der Waals surface area (Å²) in [6, 6.07) is -0.655. The highest BCUT2D eigenvalue weighted by Gasteiger charge is 2.08. The van der Waals surface area contributed by atoms with Crippen molar-refractivity contribution in [2.45, 2.75) is 12.5 Å². The molecular weight excluding hydrogens is 137 g/mol. The van der Waals surface area contributed by atoms with Gasteiger partial charge in [0.25, 0.3) is 0 Å². The van der Waals surface area contributed by atoms with Crippen LogP contribution in [-0.2, 0) is 4.79 Å². The van der Waals surface area contributed by atoms with E-state index >= 15 is 0 Å². The van der Waals surface area contributed by atoms with Crippen LogP contribution in [-0.4, -0.2) is 29.9 Å². The molecule has 0 radical (unpaired) electrons. The molecule has 0 aromatic carbocycles. The summed E-state index contributed by atoms with van der Waals surface area (Å²) in [4.78, 5) is 10.1. The molecule has 0 aliphatic heterocycles. The van der Waals surface area contributed by atoms with E-state index in [4.69, 9.17) is 10.8 Å². The Kier molecular flexibility index (Phi) is 4.64. The van der Waals surface area contributed by atoms with Gasteiger partial charge in [0.2, 0.25) is 0 Å². The fourth-order valence-corrected chi connectivity index (χ4v) is 1.02. The summed E-state index contributed by atoms with van der Waals surface area (Å²) < 4.78 is 0. The first-order chi connectivity index (χ1) is 4.18. The molecule has 2 atom stereocenters. The average molecular weight is 149 g/mol. The van der Waals surface area contributed by atoms with Gasteiger partial charge in [-0.25, -0.2) is 0 Å². The van der Waals surface area contributed by atoms with Crippen molar-refractivity contribution in [1.82, 2.24) is 0 Å². The summed E-state index contributed by atoms with van der Waals surface area (Å²) in [5.41, 5.74) is 5.21. The van der Waals surface area contributed by atoms with Crippen LogP contribution in [0.25, 0.3) is 0 Å². The second kappa shape index (κ2) is 4.71. The predicted molar refractivity (Wildman–Crippen MR) is 39.3 cm³/mol. The third-order valence-electron chi connectivity index (χ3n) is 1.02. The molecule has 54 valence electrons. The molecule has 0 aromatic heterocycles. The van der Waals surface area contributed by atoms with Crippen LogP contribution in [0, 0.1) is 0 Å². The van der Waals surface area contributed by atoms with E-state index in [1.807, 2.05) is 6.66 Å². The summed E-state index contributed by atoms with van der Waals surface area (Å²) >= 11 is 0. The van der Waals surface area contributed by atoms with Crippen molar-refractivity contribution < 1.29 is 9.90 Å². The van der Waals surface area contributed by atoms with Crippen molar-refractivity contribution in [2.24, 2.45) is 5.73 Å². The maximum atomic E-state index is 10.1. The van der Waals surface area contributed by atoms with Crippen molar-refractivity contribution in [3.05, 3.63) is 0 Å². The molecule has 0 heterocycles. The highest BCUT2D eigenvalue weighted by atomic mass is 31.1. The number of carboxylic acid groups (broad SMARTS) is 1. The van der Waals surface area contributed by atoms with Gasteiger partial charge >= 0.3 is 5.97 Å². The SMILES string of the molecule is CPCCC(N)C(=O)O. The normalized spacial score (nSPS) is 14.4. The number of rotatable bonds is 4. The molecule has 0 saturated heterocycles. The van der Waals surface area contributed by atoms with Crippen molar-refractivity contribution >= 4 is 14.6 Å². The van der Waals surface area contributed by atoms with Gasteiger partial charge in [0, 0.05) is 0 Å². The second-order valence-electron chi connectivity index (χ2n) is 1.84. The van der Waals surface area contributed by atoms with Crippen molar-refractivity contribution in [3.63, 3.8) is 0 Å². The number of carbonyl (C=O) groups is 1. The molecule has 0 aliphatic carbocycles. The zero-order valence-corrected chi connectivity index (χ0v) is 6.42. The van der Waals surface area contributed by atoms with Crippen LogP contribution in [0.1, 0.15) is 6.42 Å². The second-order valence-corrected chi connectivity index (χ2v) is 3.04. The molecule has 3 N–H and O–H groups in total. The molecule has 4 heteroatoms. The minimum Gasteiger partial charge on any atom is -0.480 e. The average Bonchev–Trinajstić information content (AvgIpc) is 1.82. The summed E-state index contributed by atoms with van der Waals surface area (Å²) in [5, 5.41) is 8.29. The maximum absolute atomic E-state index is 10.1. The molecule has 0 rings (SSSR count). The lowest BCUT2D eigenvalue weighted by Crippen LogP contribution is -2.30. The molecular formula is C5H12NO2P. The summed E-state index contributed by atoms with van der Waals surface area (Å²) in [6.07, 6.45) is 1.53. The number of nitrogens with two attached hydrogens (primary N) is 1. The number of aliphatic carboxylic acids is 1. The Morgan fingerprint density at radius 1 is 1.89 bits per heavy atom. The van der Waals surface area contributed by atoms with Gasteiger partial charge < -0.3 is 10.8 Å². The van der Waals surface area contributed by atoms with Gasteiger partial charge in [-0.05, 0) is 19.2 Å². The first-order valence-electron chi connectivity index (χ1n) is 2.81. The Hall–Kier alpha value is -0.140. The summed E-state index contributed by atoms with van der Waals surface area (Å²) in [5.74, 6) is -0.895. The summed E-state index contributed by atoms with van der Waals surface area (Å²) in [6.45, 7) is 2.04. The van der Waals surface area contributed by atoms with Crippen molar-refractivity contribution in [1.29, 1.82) is 0 Å². The fourth-order valence-electron chi connectivity index (χ4n) is 0.423. The molecule has 2 unspecified atom stereocenters. The van der Waals surface area contributed by atoms with E-state index in [1.54, 1.807) is 0 Å². The Bertz CT molecular complexity index is 97.0. The van der Waals surface area contributed by atoms with Crippen LogP contribution in [0.15, 0.2) is 0 Å². The molecule has 0 aromatic rings. The van der Waals surface area contributed by atoms with Crippen LogP contribution in [0.3, 0.4) is 0 Å². The van der Waals surface area contributed by atoms with Crippen LogP contribution in [0.4, 0.5) is 0 Å². The molecule has 3 nitrogen and oxygen atoms in total. The zero-order chi connectivity index (χ0) is 7.28. The highest BCUT2D eigenvalue weighted by Crippen LogP contribution is 2.04. The van der Waals surface area contributed by atoms with Gasteiger partial charge in [0.1, 0.15) is 6.04 Å². The van der Waals surface area contributed by atoms with E-state index in [0.717, 1.165) is 14.7 Å². The molecule has 0 saturated carbocycles. The number of hydrogen-bond acceptors (Lipinski definition) is 2. The highest BCUT2D eigenvalue weighted by molar-refractivity contribution is 7.36. The minimum atomic E-state index is -0.895. The molecule has 0 bridgehead atoms. The Morgan fingerprint density at radius 3 is 2.78 bits per heavy atom. The Balaban J connectivity index is 3.27. The standard InChI is InChI=1S/C5H12NO2P/c1-9-3-2-4(6)5(7)8/h4,9H,2-3,6H2,1H3,(H,7,8). The lowest BCUT2D eigenvalue weighted by molar-refractivity contribution is -0.138. The smallest absolute Gasteiger partial charge is 0.320 e. The topological polar surface area (TPSA) is 63.3 Å². The Labute approximate surface area is 56.4 Å². The van der Waals surface area contributed by atoms with Gasteiger partial charge in [0.15, 0.2) is 0 Å². The largest absolute Gasteiger partial charge is 0.480 e. The lowest BCUT2D eigenvalue weighted by Gasteiger charge is -2.02. The van der Waals surface area contributed by atoms with E-state index < -0.39 is 12.0 Å². The minimum absolute atomic E-state index is 0.601.